The van der Waals surface area contributed by atoms with E-state index in [1.54, 1.807) is 22.9 Å². The first-order chi connectivity index (χ1) is 13.0. The van der Waals surface area contributed by atoms with Crippen LogP contribution < -0.4 is 10.2 Å². The molecule has 1 aromatic carbocycles. The maximum absolute atomic E-state index is 12.5. The van der Waals surface area contributed by atoms with Crippen molar-refractivity contribution in [3.8, 4) is 5.75 Å². The topological polar surface area (TPSA) is 75.0 Å². The van der Waals surface area contributed by atoms with E-state index in [9.17, 15) is 14.7 Å². The minimum absolute atomic E-state index is 0.229. The first-order valence-corrected chi connectivity index (χ1v) is 9.20. The third-order valence-corrected chi connectivity index (χ3v) is 6.09. The molecule has 2 saturated heterocycles. The van der Waals surface area contributed by atoms with Gasteiger partial charge in [-0.05, 0) is 38.6 Å². The highest BCUT2D eigenvalue weighted by Crippen LogP contribution is 2.41. The molecule has 2 fully saturated rings. The molecular weight excluding hydrogens is 346 g/mol. The zero-order valence-corrected chi connectivity index (χ0v) is 15.1. The number of rotatable bonds is 2. The number of carboxylic acid groups (broad SMARTS) is 1. The van der Waals surface area contributed by atoms with E-state index in [4.69, 9.17) is 4.74 Å². The van der Waals surface area contributed by atoms with Gasteiger partial charge in [-0.1, -0.05) is 6.07 Å². The van der Waals surface area contributed by atoms with Crippen LogP contribution in [-0.4, -0.2) is 58.7 Å². The molecule has 27 heavy (non-hydrogen) atoms. The van der Waals surface area contributed by atoms with Crippen LogP contribution in [0.3, 0.4) is 0 Å². The lowest BCUT2D eigenvalue weighted by Crippen LogP contribution is -2.32. The van der Waals surface area contributed by atoms with Gasteiger partial charge >= 0.3 is 5.97 Å². The van der Waals surface area contributed by atoms with Gasteiger partial charge in [-0.2, -0.15) is 0 Å². The number of benzene rings is 1. The Morgan fingerprint density at radius 2 is 2.04 bits per heavy atom. The number of carbonyl (C=O) groups is 1. The molecule has 140 valence electrons. The zero-order valence-electron chi connectivity index (χ0n) is 15.1. The van der Waals surface area contributed by atoms with Crippen molar-refractivity contribution in [2.45, 2.75) is 12.8 Å². The quantitative estimate of drug-likeness (QED) is 0.874. The number of likely N-dealkylation sites (tertiary alicyclic amines) is 2. The second-order valence-electron chi connectivity index (χ2n) is 7.97. The van der Waals surface area contributed by atoms with Crippen LogP contribution in [0, 0.1) is 5.41 Å². The molecule has 1 N–H and O–H groups in total. The van der Waals surface area contributed by atoms with E-state index in [-0.39, 0.29) is 5.56 Å². The number of pyridine rings is 1. The lowest BCUT2D eigenvalue weighted by Gasteiger charge is -2.29. The smallest absolute Gasteiger partial charge is 0.341 e. The van der Waals surface area contributed by atoms with Crippen LogP contribution in [0.25, 0.3) is 17.1 Å². The first-order valence-electron chi connectivity index (χ1n) is 9.20. The molecule has 0 aliphatic carbocycles. The van der Waals surface area contributed by atoms with Gasteiger partial charge in [0.25, 0.3) is 0 Å². The molecular formula is C20H21N3O4. The molecule has 1 aromatic heterocycles. The van der Waals surface area contributed by atoms with E-state index < -0.39 is 11.4 Å². The van der Waals surface area contributed by atoms with Gasteiger partial charge in [-0.3, -0.25) is 4.79 Å². The molecule has 2 aromatic rings. The Hall–Kier alpha value is -2.80. The van der Waals surface area contributed by atoms with Crippen LogP contribution in [0.4, 0.5) is 0 Å². The molecule has 0 amide bonds. The van der Waals surface area contributed by atoms with Crippen LogP contribution in [0.1, 0.15) is 23.2 Å². The van der Waals surface area contributed by atoms with Crippen molar-refractivity contribution >= 4 is 23.1 Å². The highest BCUT2D eigenvalue weighted by atomic mass is 16.5. The summed E-state index contributed by atoms with van der Waals surface area (Å²) in [5.41, 5.74) is 0.212. The Morgan fingerprint density at radius 1 is 1.22 bits per heavy atom. The minimum Gasteiger partial charge on any atom is -0.477 e. The van der Waals surface area contributed by atoms with Gasteiger partial charge in [-0.15, -0.1) is 0 Å². The molecule has 0 bridgehead atoms. The van der Waals surface area contributed by atoms with Gasteiger partial charge in [0.1, 0.15) is 5.56 Å². The van der Waals surface area contributed by atoms with Crippen LogP contribution >= 0.6 is 0 Å². The number of para-hydroxylation sites is 1. The van der Waals surface area contributed by atoms with Crippen molar-refractivity contribution in [2.24, 2.45) is 5.41 Å². The van der Waals surface area contributed by atoms with E-state index in [1.165, 1.54) is 12.6 Å². The predicted molar refractivity (Wildman–Crippen MR) is 101 cm³/mol. The number of ether oxygens (including phenoxy) is 1. The number of nitrogens with zero attached hydrogens (tertiary/aromatic N) is 3. The summed E-state index contributed by atoms with van der Waals surface area (Å²) in [7, 11) is 2.16. The van der Waals surface area contributed by atoms with Crippen molar-refractivity contribution in [1.29, 1.82) is 0 Å². The monoisotopic (exact) mass is 367 g/mol. The number of hydrogen-bond acceptors (Lipinski definition) is 5. The summed E-state index contributed by atoms with van der Waals surface area (Å²) in [6.07, 6.45) is 5.52. The van der Waals surface area contributed by atoms with Crippen molar-refractivity contribution < 1.29 is 14.6 Å². The Balaban J connectivity index is 1.57. The molecule has 3 aliphatic heterocycles. The molecule has 1 atom stereocenters. The number of aromatic nitrogens is 1. The van der Waals surface area contributed by atoms with E-state index >= 15 is 0 Å². The fraction of sp³-hybridized carbons (Fsp3) is 0.400. The Bertz CT molecular complexity index is 1060. The summed E-state index contributed by atoms with van der Waals surface area (Å²) in [5, 5.41) is 9.75. The second-order valence-corrected chi connectivity index (χ2v) is 7.97. The maximum atomic E-state index is 12.5. The maximum Gasteiger partial charge on any atom is 0.341 e. The summed E-state index contributed by atoms with van der Waals surface area (Å²) in [6.45, 7) is 4.06. The molecule has 0 radical (unpaired) electrons. The van der Waals surface area contributed by atoms with Gasteiger partial charge in [0.05, 0.1) is 17.1 Å². The summed E-state index contributed by atoms with van der Waals surface area (Å²) < 4.78 is 7.86. The fourth-order valence-electron chi connectivity index (χ4n) is 4.74. The van der Waals surface area contributed by atoms with Crippen LogP contribution in [0.2, 0.25) is 0 Å². The Labute approximate surface area is 156 Å². The van der Waals surface area contributed by atoms with Gasteiger partial charge in [-0.25, -0.2) is 4.79 Å². The summed E-state index contributed by atoms with van der Waals surface area (Å²) >= 11 is 0. The normalized spacial score (nSPS) is 24.5. The molecule has 1 spiro atoms. The van der Waals surface area contributed by atoms with E-state index in [0.29, 0.717) is 28.0 Å². The zero-order chi connectivity index (χ0) is 18.8. The Morgan fingerprint density at radius 3 is 2.78 bits per heavy atom. The molecule has 4 heterocycles. The van der Waals surface area contributed by atoms with Crippen molar-refractivity contribution in [3.05, 3.63) is 46.1 Å². The van der Waals surface area contributed by atoms with Crippen molar-refractivity contribution in [2.75, 3.05) is 33.2 Å². The lowest BCUT2D eigenvalue weighted by molar-refractivity contribution is 0.0695. The summed E-state index contributed by atoms with van der Waals surface area (Å²) in [5.74, 6) is 0.0801. The fourth-order valence-corrected chi connectivity index (χ4v) is 4.74. The SMILES string of the molecule is CN1CCC2(CCN(C3=Cn4cc(C(=O)O)c(=O)c5cccc(c54)O3)C2)C1. The summed E-state index contributed by atoms with van der Waals surface area (Å²) in [4.78, 5) is 28.6. The van der Waals surface area contributed by atoms with Crippen molar-refractivity contribution in [3.63, 3.8) is 0 Å². The van der Waals surface area contributed by atoms with Crippen LogP contribution in [0.15, 0.2) is 35.1 Å². The number of hydrogen-bond donors (Lipinski definition) is 1. The second kappa shape index (κ2) is 5.60. The molecule has 0 saturated carbocycles. The van der Waals surface area contributed by atoms with E-state index in [1.807, 2.05) is 6.07 Å². The van der Waals surface area contributed by atoms with E-state index in [0.717, 1.165) is 32.6 Å². The average Bonchev–Trinajstić information content (AvgIpc) is 3.23. The minimum atomic E-state index is -1.22. The standard InChI is InChI=1S/C20H21N3O4/c1-21-7-5-20(11-21)6-8-22(12-20)16-10-23-9-14(19(25)26)18(24)13-3-2-4-15(27-16)17(13)23/h2-4,9-10H,5-8,11-12H2,1H3,(H,25,26). The molecule has 5 rings (SSSR count). The third kappa shape index (κ3) is 2.45. The lowest BCUT2D eigenvalue weighted by atomic mass is 9.86. The van der Waals surface area contributed by atoms with Gasteiger partial charge in [0, 0.05) is 31.2 Å². The van der Waals surface area contributed by atoms with Gasteiger partial charge in [0.2, 0.25) is 11.3 Å². The highest BCUT2D eigenvalue weighted by Gasteiger charge is 2.43. The third-order valence-electron chi connectivity index (χ3n) is 6.09. The highest BCUT2D eigenvalue weighted by molar-refractivity contribution is 5.95. The average molecular weight is 367 g/mol. The van der Waals surface area contributed by atoms with E-state index in [2.05, 4.69) is 16.8 Å². The van der Waals surface area contributed by atoms with Crippen LogP contribution in [0.5, 0.6) is 5.75 Å². The largest absolute Gasteiger partial charge is 0.477 e. The summed E-state index contributed by atoms with van der Waals surface area (Å²) in [6, 6.07) is 5.20. The predicted octanol–water partition coefficient (Wildman–Crippen LogP) is 1.88. The molecule has 3 aliphatic rings. The number of carboxylic acids is 1. The Kier molecular flexibility index (Phi) is 3.40. The molecule has 1 unspecified atom stereocenters. The van der Waals surface area contributed by atoms with Crippen LogP contribution in [-0.2, 0) is 0 Å². The molecule has 7 heteroatoms. The number of aromatic carboxylic acids is 1. The van der Waals surface area contributed by atoms with Gasteiger partial charge in [0.15, 0.2) is 5.75 Å². The van der Waals surface area contributed by atoms with Gasteiger partial charge < -0.3 is 24.2 Å². The van der Waals surface area contributed by atoms with Crippen molar-refractivity contribution in [1.82, 2.24) is 14.4 Å². The molecule has 7 nitrogen and oxygen atoms in total. The first kappa shape index (κ1) is 16.4.